The monoisotopic (exact) mass is 301 g/mol. The number of benzene rings is 1. The summed E-state index contributed by atoms with van der Waals surface area (Å²) in [5.74, 6) is 0. The van der Waals surface area contributed by atoms with E-state index in [2.05, 4.69) is 33.0 Å². The molecule has 0 amide bonds. The zero-order chi connectivity index (χ0) is 16.1. The average Bonchev–Trinajstić information content (AvgIpc) is 2.36. The third kappa shape index (κ3) is 6.08. The number of nitrogens with one attached hydrogen (secondary N) is 1. The van der Waals surface area contributed by atoms with Gasteiger partial charge in [-0.1, -0.05) is 45.9 Å². The molecule has 0 aliphatic carbocycles. The SMILES string of the molecule is CCNC(CCCc1cccc(C(F)(F)F)c1)C(C)(C)C. The highest BCUT2D eigenvalue weighted by molar-refractivity contribution is 5.25. The van der Waals surface area contributed by atoms with E-state index < -0.39 is 11.7 Å². The fourth-order valence-electron chi connectivity index (χ4n) is 2.50. The van der Waals surface area contributed by atoms with Crippen LogP contribution in [0.4, 0.5) is 13.2 Å². The van der Waals surface area contributed by atoms with E-state index in [-0.39, 0.29) is 5.41 Å². The number of alkyl halides is 3. The van der Waals surface area contributed by atoms with E-state index in [1.54, 1.807) is 6.07 Å². The first-order chi connectivity index (χ1) is 9.64. The lowest BCUT2D eigenvalue weighted by atomic mass is 9.83. The first-order valence-electron chi connectivity index (χ1n) is 7.54. The number of aryl methyl sites for hydroxylation is 1. The van der Waals surface area contributed by atoms with Crippen molar-refractivity contribution >= 4 is 0 Å². The molecule has 0 fully saturated rings. The van der Waals surface area contributed by atoms with Crippen LogP contribution in [0.5, 0.6) is 0 Å². The third-order valence-electron chi connectivity index (χ3n) is 3.71. The minimum atomic E-state index is -4.26. The Morgan fingerprint density at radius 2 is 1.81 bits per heavy atom. The van der Waals surface area contributed by atoms with Crippen molar-refractivity contribution in [2.24, 2.45) is 5.41 Å². The Bertz CT molecular complexity index is 432. The van der Waals surface area contributed by atoms with Crippen LogP contribution in [0.3, 0.4) is 0 Å². The van der Waals surface area contributed by atoms with E-state index in [1.807, 2.05) is 0 Å². The maximum atomic E-state index is 12.7. The Labute approximate surface area is 125 Å². The maximum absolute atomic E-state index is 12.7. The zero-order valence-electron chi connectivity index (χ0n) is 13.3. The molecule has 0 heterocycles. The maximum Gasteiger partial charge on any atom is 0.416 e. The molecule has 4 heteroatoms. The second-order valence-electron chi connectivity index (χ2n) is 6.57. The molecule has 1 aromatic rings. The van der Waals surface area contributed by atoms with Crippen LogP contribution in [0.2, 0.25) is 0 Å². The lowest BCUT2D eigenvalue weighted by Crippen LogP contribution is -2.40. The van der Waals surface area contributed by atoms with Gasteiger partial charge < -0.3 is 5.32 Å². The Kier molecular flexibility index (Phi) is 6.26. The minimum Gasteiger partial charge on any atom is -0.314 e. The van der Waals surface area contributed by atoms with Gasteiger partial charge in [-0.25, -0.2) is 0 Å². The summed E-state index contributed by atoms with van der Waals surface area (Å²) >= 11 is 0. The van der Waals surface area contributed by atoms with Crippen LogP contribution in [0, 0.1) is 5.41 Å². The number of hydrogen-bond donors (Lipinski definition) is 1. The predicted octanol–water partition coefficient (Wildman–Crippen LogP) is 5.05. The van der Waals surface area contributed by atoms with Crippen molar-refractivity contribution in [2.45, 2.75) is 59.2 Å². The molecule has 1 aromatic carbocycles. The van der Waals surface area contributed by atoms with E-state index in [0.29, 0.717) is 12.5 Å². The first kappa shape index (κ1) is 18.0. The zero-order valence-corrected chi connectivity index (χ0v) is 13.3. The van der Waals surface area contributed by atoms with Crippen molar-refractivity contribution in [1.82, 2.24) is 5.32 Å². The molecule has 1 unspecified atom stereocenters. The van der Waals surface area contributed by atoms with Gasteiger partial charge in [0.25, 0.3) is 0 Å². The lowest BCUT2D eigenvalue weighted by molar-refractivity contribution is -0.137. The normalized spacial score (nSPS) is 14.2. The molecule has 1 nitrogen and oxygen atoms in total. The fourth-order valence-corrected chi connectivity index (χ4v) is 2.50. The first-order valence-corrected chi connectivity index (χ1v) is 7.54. The summed E-state index contributed by atoms with van der Waals surface area (Å²) in [7, 11) is 0. The summed E-state index contributed by atoms with van der Waals surface area (Å²) in [5, 5.41) is 3.46. The molecule has 120 valence electrons. The molecule has 1 rings (SSSR count). The Balaban J connectivity index is 2.59. The summed E-state index contributed by atoms with van der Waals surface area (Å²) in [4.78, 5) is 0. The van der Waals surface area contributed by atoms with Crippen LogP contribution < -0.4 is 5.32 Å². The highest BCUT2D eigenvalue weighted by Gasteiger charge is 2.30. The standard InChI is InChI=1S/C17H26F3N/c1-5-21-15(16(2,3)4)11-7-9-13-8-6-10-14(12-13)17(18,19)20/h6,8,10,12,15,21H,5,7,9,11H2,1-4H3. The van der Waals surface area contributed by atoms with Crippen LogP contribution in [0.15, 0.2) is 24.3 Å². The van der Waals surface area contributed by atoms with Gasteiger partial charge in [0.1, 0.15) is 0 Å². The van der Waals surface area contributed by atoms with E-state index in [0.717, 1.165) is 31.0 Å². The third-order valence-corrected chi connectivity index (χ3v) is 3.71. The van der Waals surface area contributed by atoms with Gasteiger partial charge in [0.15, 0.2) is 0 Å². The van der Waals surface area contributed by atoms with Crippen molar-refractivity contribution in [3.8, 4) is 0 Å². The highest BCUT2D eigenvalue weighted by atomic mass is 19.4. The van der Waals surface area contributed by atoms with Gasteiger partial charge in [0, 0.05) is 6.04 Å². The molecular formula is C17H26F3N. The minimum absolute atomic E-state index is 0.157. The summed E-state index contributed by atoms with van der Waals surface area (Å²) in [6.45, 7) is 9.54. The van der Waals surface area contributed by atoms with Gasteiger partial charge >= 0.3 is 6.18 Å². The van der Waals surface area contributed by atoms with Gasteiger partial charge in [-0.3, -0.25) is 0 Å². The molecule has 21 heavy (non-hydrogen) atoms. The molecular weight excluding hydrogens is 275 g/mol. The molecule has 0 radical (unpaired) electrons. The van der Waals surface area contributed by atoms with Crippen LogP contribution >= 0.6 is 0 Å². The number of hydrogen-bond acceptors (Lipinski definition) is 1. The van der Waals surface area contributed by atoms with E-state index in [1.165, 1.54) is 12.1 Å². The van der Waals surface area contributed by atoms with E-state index in [4.69, 9.17) is 0 Å². The van der Waals surface area contributed by atoms with Crippen LogP contribution in [0.25, 0.3) is 0 Å². The van der Waals surface area contributed by atoms with Crippen molar-refractivity contribution in [3.05, 3.63) is 35.4 Å². The molecule has 0 saturated heterocycles. The second kappa shape index (κ2) is 7.30. The molecule has 0 aliphatic rings. The molecule has 0 aliphatic heterocycles. The topological polar surface area (TPSA) is 12.0 Å². The molecule has 0 aromatic heterocycles. The Morgan fingerprint density at radius 1 is 1.14 bits per heavy atom. The summed E-state index contributed by atoms with van der Waals surface area (Å²) in [6.07, 6.45) is -1.72. The molecule has 0 spiro atoms. The molecule has 0 bridgehead atoms. The van der Waals surface area contributed by atoms with Gasteiger partial charge in [0.2, 0.25) is 0 Å². The average molecular weight is 301 g/mol. The highest BCUT2D eigenvalue weighted by Crippen LogP contribution is 2.30. The summed E-state index contributed by atoms with van der Waals surface area (Å²) < 4.78 is 38.0. The molecule has 1 N–H and O–H groups in total. The smallest absolute Gasteiger partial charge is 0.314 e. The van der Waals surface area contributed by atoms with Crippen molar-refractivity contribution in [2.75, 3.05) is 6.54 Å². The lowest BCUT2D eigenvalue weighted by Gasteiger charge is -2.31. The Hall–Kier alpha value is -1.03. The Morgan fingerprint density at radius 3 is 2.33 bits per heavy atom. The molecule has 1 atom stereocenters. The summed E-state index contributed by atoms with van der Waals surface area (Å²) in [6, 6.07) is 6.03. The number of halogens is 3. The molecule has 0 saturated carbocycles. The van der Waals surface area contributed by atoms with Crippen molar-refractivity contribution in [3.63, 3.8) is 0 Å². The van der Waals surface area contributed by atoms with Crippen LogP contribution in [-0.4, -0.2) is 12.6 Å². The fraction of sp³-hybridized carbons (Fsp3) is 0.647. The predicted molar refractivity (Wildman–Crippen MR) is 81.3 cm³/mol. The van der Waals surface area contributed by atoms with Gasteiger partial charge in [-0.2, -0.15) is 13.2 Å². The van der Waals surface area contributed by atoms with Crippen LogP contribution in [-0.2, 0) is 12.6 Å². The van der Waals surface area contributed by atoms with E-state index >= 15 is 0 Å². The van der Waals surface area contributed by atoms with Gasteiger partial charge in [-0.05, 0) is 42.9 Å². The van der Waals surface area contributed by atoms with Gasteiger partial charge in [0.05, 0.1) is 5.56 Å². The van der Waals surface area contributed by atoms with Crippen molar-refractivity contribution < 1.29 is 13.2 Å². The summed E-state index contributed by atoms with van der Waals surface area (Å²) in [5.41, 5.74) is 0.358. The largest absolute Gasteiger partial charge is 0.416 e. The second-order valence-corrected chi connectivity index (χ2v) is 6.57. The van der Waals surface area contributed by atoms with Crippen molar-refractivity contribution in [1.29, 1.82) is 0 Å². The quantitative estimate of drug-likeness (QED) is 0.775. The van der Waals surface area contributed by atoms with E-state index in [9.17, 15) is 13.2 Å². The number of rotatable bonds is 6. The van der Waals surface area contributed by atoms with Crippen LogP contribution in [0.1, 0.15) is 51.7 Å². The van der Waals surface area contributed by atoms with Gasteiger partial charge in [-0.15, -0.1) is 0 Å².